The molecule has 1 aromatic rings. The minimum atomic E-state index is -1.97. The normalized spacial score (nSPS) is 29.8. The number of hydrogen-bond donors (Lipinski definition) is 1. The fraction of sp³-hybridized carbons (Fsp3) is 0.765. The number of H-pyrrole nitrogens is 1. The molecule has 25 heavy (non-hydrogen) atoms. The van der Waals surface area contributed by atoms with E-state index < -0.39 is 20.2 Å². The number of aryl methyl sites for hydroxylation is 1. The van der Waals surface area contributed by atoms with E-state index in [0.717, 1.165) is 0 Å². The van der Waals surface area contributed by atoms with Gasteiger partial charge < -0.3 is 13.9 Å². The van der Waals surface area contributed by atoms with E-state index in [1.807, 2.05) is 0 Å². The van der Waals surface area contributed by atoms with Crippen LogP contribution in [0.3, 0.4) is 0 Å². The van der Waals surface area contributed by atoms with Crippen LogP contribution >= 0.6 is 0 Å². The zero-order valence-electron chi connectivity index (χ0n) is 15.8. The van der Waals surface area contributed by atoms with Gasteiger partial charge in [0, 0.05) is 18.2 Å². The first-order chi connectivity index (χ1) is 11.5. The number of epoxide rings is 1. The van der Waals surface area contributed by atoms with Crippen molar-refractivity contribution in [2.75, 3.05) is 6.61 Å². The standard InChI is InChI=1S/C17H28N2O5Si/c1-10-8-19(16(21)18-15(10)20)13-7-11(14(23-13)12-9-22-12)24-25(5,6)17(2,3)4/h8,11-14H,7,9H2,1-6H3,(H,18,20,21)/t11-,12-,13+,14-/m0/s1. The maximum Gasteiger partial charge on any atom is 0.330 e. The first-order valence-electron chi connectivity index (χ1n) is 8.76. The zero-order chi connectivity index (χ0) is 18.6. The third kappa shape index (κ3) is 3.67. The van der Waals surface area contributed by atoms with Gasteiger partial charge in [0.1, 0.15) is 18.4 Å². The van der Waals surface area contributed by atoms with E-state index in [2.05, 4.69) is 38.8 Å². The fourth-order valence-electron chi connectivity index (χ4n) is 2.88. The van der Waals surface area contributed by atoms with Crippen molar-refractivity contribution < 1.29 is 13.9 Å². The molecule has 2 fully saturated rings. The molecule has 0 unspecified atom stereocenters. The van der Waals surface area contributed by atoms with Gasteiger partial charge >= 0.3 is 5.69 Å². The molecule has 2 aliphatic heterocycles. The number of aromatic nitrogens is 2. The molecule has 8 heteroatoms. The molecule has 0 radical (unpaired) electrons. The summed E-state index contributed by atoms with van der Waals surface area (Å²) in [5.74, 6) is 0. The third-order valence-electron chi connectivity index (χ3n) is 5.55. The van der Waals surface area contributed by atoms with Crippen LogP contribution in [0.2, 0.25) is 18.1 Å². The average Bonchev–Trinajstić information content (AvgIpc) is 3.23. The Morgan fingerprint density at radius 2 is 1.96 bits per heavy atom. The molecule has 2 saturated heterocycles. The van der Waals surface area contributed by atoms with E-state index in [9.17, 15) is 9.59 Å². The molecule has 7 nitrogen and oxygen atoms in total. The molecule has 1 aromatic heterocycles. The summed E-state index contributed by atoms with van der Waals surface area (Å²) in [5.41, 5.74) is -0.337. The van der Waals surface area contributed by atoms with Gasteiger partial charge in [0.2, 0.25) is 0 Å². The molecule has 1 N–H and O–H groups in total. The minimum absolute atomic E-state index is 0.0272. The highest BCUT2D eigenvalue weighted by Crippen LogP contribution is 2.42. The Balaban J connectivity index is 1.85. The summed E-state index contributed by atoms with van der Waals surface area (Å²) >= 11 is 0. The molecule has 0 bridgehead atoms. The molecule has 4 atom stereocenters. The highest BCUT2D eigenvalue weighted by molar-refractivity contribution is 6.74. The highest BCUT2D eigenvalue weighted by Gasteiger charge is 2.50. The van der Waals surface area contributed by atoms with Crippen LogP contribution in [0.5, 0.6) is 0 Å². The molecular formula is C17H28N2O5Si. The van der Waals surface area contributed by atoms with Crippen LogP contribution in [0.25, 0.3) is 0 Å². The molecule has 0 aliphatic carbocycles. The number of rotatable bonds is 4. The van der Waals surface area contributed by atoms with Gasteiger partial charge in [-0.15, -0.1) is 0 Å². The lowest BCUT2D eigenvalue weighted by molar-refractivity contribution is -0.0312. The second-order valence-corrected chi connectivity index (χ2v) is 13.3. The molecule has 0 aromatic carbocycles. The Hall–Kier alpha value is -1.22. The van der Waals surface area contributed by atoms with Crippen molar-refractivity contribution in [2.24, 2.45) is 0 Å². The molecule has 3 rings (SSSR count). The van der Waals surface area contributed by atoms with Crippen molar-refractivity contribution in [3.05, 3.63) is 32.6 Å². The molecular weight excluding hydrogens is 340 g/mol. The number of nitrogens with zero attached hydrogens (tertiary/aromatic N) is 1. The van der Waals surface area contributed by atoms with Crippen molar-refractivity contribution in [2.45, 2.75) is 76.8 Å². The number of hydrogen-bond acceptors (Lipinski definition) is 5. The largest absolute Gasteiger partial charge is 0.411 e. The van der Waals surface area contributed by atoms with Crippen LogP contribution in [-0.4, -0.2) is 42.8 Å². The van der Waals surface area contributed by atoms with Crippen LogP contribution in [0.1, 0.15) is 39.0 Å². The van der Waals surface area contributed by atoms with Crippen molar-refractivity contribution in [1.29, 1.82) is 0 Å². The predicted octanol–water partition coefficient (Wildman–Crippen LogP) is 1.92. The van der Waals surface area contributed by atoms with E-state index in [1.165, 1.54) is 4.57 Å². The van der Waals surface area contributed by atoms with Crippen LogP contribution in [0, 0.1) is 6.92 Å². The lowest BCUT2D eigenvalue weighted by Crippen LogP contribution is -2.46. The topological polar surface area (TPSA) is 85.8 Å². The van der Waals surface area contributed by atoms with Crippen molar-refractivity contribution >= 4 is 8.32 Å². The van der Waals surface area contributed by atoms with Crippen LogP contribution in [0.4, 0.5) is 0 Å². The van der Waals surface area contributed by atoms with Crippen molar-refractivity contribution in [3.63, 3.8) is 0 Å². The second kappa shape index (κ2) is 6.19. The maximum absolute atomic E-state index is 12.2. The summed E-state index contributed by atoms with van der Waals surface area (Å²) < 4.78 is 19.6. The Kier molecular flexibility index (Phi) is 4.60. The van der Waals surface area contributed by atoms with Gasteiger partial charge in [-0.1, -0.05) is 20.8 Å². The molecule has 2 aliphatic rings. The van der Waals surface area contributed by atoms with Gasteiger partial charge in [-0.25, -0.2) is 4.79 Å². The average molecular weight is 369 g/mol. The Morgan fingerprint density at radius 3 is 2.52 bits per heavy atom. The Morgan fingerprint density at radius 1 is 1.32 bits per heavy atom. The van der Waals surface area contributed by atoms with E-state index >= 15 is 0 Å². The first kappa shape index (κ1) is 18.6. The third-order valence-corrected chi connectivity index (χ3v) is 10.1. The summed E-state index contributed by atoms with van der Waals surface area (Å²) in [6, 6.07) is 0. The van der Waals surface area contributed by atoms with Gasteiger partial charge in [-0.3, -0.25) is 14.3 Å². The minimum Gasteiger partial charge on any atom is -0.411 e. The van der Waals surface area contributed by atoms with Gasteiger partial charge in [0.15, 0.2) is 8.32 Å². The van der Waals surface area contributed by atoms with Gasteiger partial charge in [0.05, 0.1) is 12.7 Å². The summed E-state index contributed by atoms with van der Waals surface area (Å²) in [5, 5.41) is 0.0887. The lowest BCUT2D eigenvalue weighted by atomic mass is 10.1. The zero-order valence-corrected chi connectivity index (χ0v) is 16.8. The van der Waals surface area contributed by atoms with Crippen LogP contribution in [0.15, 0.2) is 15.8 Å². The number of nitrogens with one attached hydrogen (secondary N) is 1. The number of ether oxygens (including phenoxy) is 2. The Labute approximate surface area is 148 Å². The summed E-state index contributed by atoms with van der Waals surface area (Å²) in [7, 11) is -1.97. The quantitative estimate of drug-likeness (QED) is 0.648. The van der Waals surface area contributed by atoms with E-state index in [1.54, 1.807) is 13.1 Å². The smallest absolute Gasteiger partial charge is 0.330 e. The van der Waals surface area contributed by atoms with E-state index in [0.29, 0.717) is 18.6 Å². The van der Waals surface area contributed by atoms with Crippen molar-refractivity contribution in [3.8, 4) is 0 Å². The van der Waals surface area contributed by atoms with Crippen molar-refractivity contribution in [1.82, 2.24) is 9.55 Å². The Bertz CT molecular complexity index is 760. The summed E-state index contributed by atoms with van der Waals surface area (Å²) in [4.78, 5) is 26.1. The molecule has 0 saturated carbocycles. The highest BCUT2D eigenvalue weighted by atomic mass is 28.4. The molecule has 0 spiro atoms. The fourth-order valence-corrected chi connectivity index (χ4v) is 4.22. The lowest BCUT2D eigenvalue weighted by Gasteiger charge is -2.39. The monoisotopic (exact) mass is 368 g/mol. The second-order valence-electron chi connectivity index (χ2n) is 8.56. The van der Waals surface area contributed by atoms with Crippen LogP contribution < -0.4 is 11.2 Å². The molecule has 3 heterocycles. The van der Waals surface area contributed by atoms with E-state index in [4.69, 9.17) is 13.9 Å². The van der Waals surface area contributed by atoms with Gasteiger partial charge in [-0.05, 0) is 25.1 Å². The number of aromatic amines is 1. The van der Waals surface area contributed by atoms with Gasteiger partial charge in [0.25, 0.3) is 5.56 Å². The summed E-state index contributed by atoms with van der Waals surface area (Å²) in [6.45, 7) is 13.4. The van der Waals surface area contributed by atoms with E-state index in [-0.39, 0.29) is 28.9 Å². The first-order valence-corrected chi connectivity index (χ1v) is 11.7. The van der Waals surface area contributed by atoms with Gasteiger partial charge in [-0.2, -0.15) is 0 Å². The molecule has 0 amide bonds. The van der Waals surface area contributed by atoms with Crippen LogP contribution in [-0.2, 0) is 13.9 Å². The SMILES string of the molecule is Cc1cn([C@H]2C[C@H](O[Si](C)(C)C(C)(C)C)[C@@H]([C@@H]3CO3)O2)c(=O)[nH]c1=O. The predicted molar refractivity (Wildman–Crippen MR) is 96.4 cm³/mol. The maximum atomic E-state index is 12.2. The summed E-state index contributed by atoms with van der Waals surface area (Å²) in [6.07, 6.45) is 1.41. The molecule has 140 valence electrons.